The maximum absolute atomic E-state index is 13.5. The molecule has 12 nitrogen and oxygen atoms in total. The lowest BCUT2D eigenvalue weighted by Gasteiger charge is -2.29. The lowest BCUT2D eigenvalue weighted by molar-refractivity contribution is -0.146. The molecule has 5 atom stereocenters. The van der Waals surface area contributed by atoms with Crippen LogP contribution in [0.2, 0.25) is 0 Å². The van der Waals surface area contributed by atoms with Gasteiger partial charge < -0.3 is 31.5 Å². The summed E-state index contributed by atoms with van der Waals surface area (Å²) in [5.41, 5.74) is 0. The molecule has 0 heterocycles. The summed E-state index contributed by atoms with van der Waals surface area (Å²) in [5.74, 6) is -6.17. The minimum atomic E-state index is -1.47. The third-order valence-corrected chi connectivity index (χ3v) is 7.80. The molecule has 0 saturated heterocycles. The Labute approximate surface area is 235 Å². The number of carboxylic acids is 2. The van der Waals surface area contributed by atoms with Gasteiger partial charge in [0.2, 0.25) is 23.6 Å². The maximum atomic E-state index is 13.5. The molecular formula is C28H46N4O8. The zero-order valence-electron chi connectivity index (χ0n) is 23.9. The summed E-state index contributed by atoms with van der Waals surface area (Å²) in [6.45, 7) is 5.86. The van der Waals surface area contributed by atoms with Gasteiger partial charge >= 0.3 is 11.9 Å². The van der Waals surface area contributed by atoms with Gasteiger partial charge in [-0.3, -0.25) is 28.8 Å². The van der Waals surface area contributed by atoms with Gasteiger partial charge in [-0.1, -0.05) is 52.4 Å². The van der Waals surface area contributed by atoms with Crippen LogP contribution in [-0.2, 0) is 28.8 Å². The van der Waals surface area contributed by atoms with E-state index in [2.05, 4.69) is 21.3 Å². The average Bonchev–Trinajstić information content (AvgIpc) is 3.38. The quantitative estimate of drug-likeness (QED) is 0.172. The second-order valence-electron chi connectivity index (χ2n) is 11.5. The molecule has 0 radical (unpaired) electrons. The van der Waals surface area contributed by atoms with Gasteiger partial charge in [0.1, 0.15) is 18.1 Å². The molecule has 2 rings (SSSR count). The second-order valence-corrected chi connectivity index (χ2v) is 11.5. The van der Waals surface area contributed by atoms with Crippen LogP contribution in [0.15, 0.2) is 0 Å². The van der Waals surface area contributed by atoms with Gasteiger partial charge in [0.15, 0.2) is 0 Å². The number of nitrogens with one attached hydrogen (secondary N) is 4. The average molecular weight is 567 g/mol. The van der Waals surface area contributed by atoms with E-state index in [9.17, 15) is 39.0 Å². The van der Waals surface area contributed by atoms with Gasteiger partial charge in [0, 0.05) is 6.54 Å². The molecule has 226 valence electrons. The molecule has 4 amide bonds. The molecule has 0 spiro atoms. The second kappa shape index (κ2) is 16.2. The first kappa shape index (κ1) is 33.0. The van der Waals surface area contributed by atoms with Crippen LogP contribution in [0.25, 0.3) is 0 Å². The third kappa shape index (κ3) is 10.4. The number of likely N-dealkylation sites (N-methyl/N-ethyl adjacent to an activating group) is 1. The zero-order chi connectivity index (χ0) is 29.8. The highest BCUT2D eigenvalue weighted by Crippen LogP contribution is 2.33. The molecule has 12 heteroatoms. The Bertz CT molecular complexity index is 918. The Hall–Kier alpha value is -3.18. The fraction of sp³-hybridized carbons (Fsp3) is 0.786. The van der Waals surface area contributed by atoms with E-state index in [4.69, 9.17) is 0 Å². The van der Waals surface area contributed by atoms with Crippen molar-refractivity contribution >= 4 is 35.6 Å². The third-order valence-electron chi connectivity index (χ3n) is 7.80. The largest absolute Gasteiger partial charge is 0.481 e. The number of hydrogen-bond acceptors (Lipinski definition) is 6. The Morgan fingerprint density at radius 1 is 0.725 bits per heavy atom. The van der Waals surface area contributed by atoms with Crippen molar-refractivity contribution in [2.45, 2.75) is 110 Å². The van der Waals surface area contributed by atoms with Crippen LogP contribution in [0.1, 0.15) is 91.4 Å². The highest BCUT2D eigenvalue weighted by molar-refractivity contribution is 5.96. The van der Waals surface area contributed by atoms with Crippen molar-refractivity contribution in [1.29, 1.82) is 0 Å². The molecule has 0 aliphatic heterocycles. The standard InChI is InChI=1S/C28H46N4O8/c1-4-29-25(36)20(13-16(2)3)31-27(38)22(15-23(33)34)32-26(37)21(14-17-9-6-5-7-10-17)30-24(35)18-11-8-12-19(18)28(39)40/h16-22H,4-15H2,1-3H3,(H,29,36)(H,30,35)(H,31,38)(H,32,37)(H,33,34)(H,39,40)/t18-,19-,20-,21-,22-/m0/s1. The first-order valence-electron chi connectivity index (χ1n) is 14.6. The first-order valence-corrected chi connectivity index (χ1v) is 14.6. The van der Waals surface area contributed by atoms with Crippen LogP contribution in [-0.4, -0.2) is 70.5 Å². The van der Waals surface area contributed by atoms with E-state index in [1.54, 1.807) is 6.92 Å². The molecule has 0 bridgehead atoms. The van der Waals surface area contributed by atoms with Gasteiger partial charge in [0.05, 0.1) is 18.3 Å². The molecule has 2 fully saturated rings. The highest BCUT2D eigenvalue weighted by Gasteiger charge is 2.40. The highest BCUT2D eigenvalue weighted by atomic mass is 16.4. The number of hydrogen-bond donors (Lipinski definition) is 6. The Morgan fingerprint density at radius 3 is 1.90 bits per heavy atom. The molecule has 0 unspecified atom stereocenters. The number of amides is 4. The molecule has 2 saturated carbocycles. The minimum absolute atomic E-state index is 0.0562. The van der Waals surface area contributed by atoms with Gasteiger partial charge in [-0.25, -0.2) is 0 Å². The Balaban J connectivity index is 2.21. The van der Waals surface area contributed by atoms with E-state index in [1.165, 1.54) is 0 Å². The van der Waals surface area contributed by atoms with Crippen LogP contribution in [0, 0.1) is 23.7 Å². The summed E-state index contributed by atoms with van der Waals surface area (Å²) in [6.07, 6.45) is 6.14. The minimum Gasteiger partial charge on any atom is -0.481 e. The zero-order valence-corrected chi connectivity index (χ0v) is 23.9. The van der Waals surface area contributed by atoms with Gasteiger partial charge in [0.25, 0.3) is 0 Å². The van der Waals surface area contributed by atoms with Crippen molar-refractivity contribution in [1.82, 2.24) is 21.3 Å². The van der Waals surface area contributed by atoms with Crippen molar-refractivity contribution in [2.75, 3.05) is 6.54 Å². The van der Waals surface area contributed by atoms with Crippen LogP contribution in [0.5, 0.6) is 0 Å². The van der Waals surface area contributed by atoms with E-state index in [0.717, 1.165) is 32.1 Å². The number of carboxylic acid groups (broad SMARTS) is 2. The summed E-state index contributed by atoms with van der Waals surface area (Å²) in [4.78, 5) is 75.5. The fourth-order valence-corrected chi connectivity index (χ4v) is 5.76. The first-order chi connectivity index (χ1) is 18.9. The van der Waals surface area contributed by atoms with E-state index in [0.29, 0.717) is 38.6 Å². The van der Waals surface area contributed by atoms with Gasteiger partial charge in [-0.15, -0.1) is 0 Å². The van der Waals surface area contributed by atoms with Crippen molar-refractivity contribution in [3.05, 3.63) is 0 Å². The molecule has 0 aromatic carbocycles. The van der Waals surface area contributed by atoms with Crippen molar-refractivity contribution in [3.8, 4) is 0 Å². The van der Waals surface area contributed by atoms with Gasteiger partial charge in [-0.2, -0.15) is 0 Å². The molecule has 6 N–H and O–H groups in total. The van der Waals surface area contributed by atoms with Crippen LogP contribution in [0.3, 0.4) is 0 Å². The number of rotatable bonds is 15. The van der Waals surface area contributed by atoms with Crippen LogP contribution in [0.4, 0.5) is 0 Å². The summed E-state index contributed by atoms with van der Waals surface area (Å²) in [7, 11) is 0. The summed E-state index contributed by atoms with van der Waals surface area (Å²) < 4.78 is 0. The molecule has 2 aliphatic carbocycles. The number of carbonyl (C=O) groups is 6. The predicted molar refractivity (Wildman–Crippen MR) is 146 cm³/mol. The van der Waals surface area contributed by atoms with Crippen LogP contribution < -0.4 is 21.3 Å². The number of aliphatic carboxylic acids is 2. The molecule has 2 aliphatic rings. The van der Waals surface area contributed by atoms with E-state index in [1.807, 2.05) is 13.8 Å². The molecular weight excluding hydrogens is 520 g/mol. The van der Waals surface area contributed by atoms with E-state index in [-0.39, 0.29) is 11.8 Å². The topological polar surface area (TPSA) is 191 Å². The Kier molecular flexibility index (Phi) is 13.4. The Morgan fingerprint density at radius 2 is 1.32 bits per heavy atom. The van der Waals surface area contributed by atoms with Crippen molar-refractivity contribution < 1.29 is 39.0 Å². The molecule has 40 heavy (non-hydrogen) atoms. The summed E-state index contributed by atoms with van der Waals surface area (Å²) in [6, 6.07) is -3.43. The van der Waals surface area contributed by atoms with E-state index >= 15 is 0 Å². The summed E-state index contributed by atoms with van der Waals surface area (Å²) >= 11 is 0. The lowest BCUT2D eigenvalue weighted by Crippen LogP contribution is -2.58. The maximum Gasteiger partial charge on any atom is 0.307 e. The molecule has 0 aromatic rings. The van der Waals surface area contributed by atoms with Gasteiger partial charge in [-0.05, 0) is 44.4 Å². The predicted octanol–water partition coefficient (Wildman–Crippen LogP) is 1.57. The molecule has 0 aromatic heterocycles. The number of carbonyl (C=O) groups excluding carboxylic acids is 4. The smallest absolute Gasteiger partial charge is 0.307 e. The van der Waals surface area contributed by atoms with Crippen molar-refractivity contribution in [2.24, 2.45) is 23.7 Å². The monoisotopic (exact) mass is 566 g/mol. The van der Waals surface area contributed by atoms with E-state index < -0.39 is 71.9 Å². The summed E-state index contributed by atoms with van der Waals surface area (Å²) in [5, 5.41) is 29.4. The fourth-order valence-electron chi connectivity index (χ4n) is 5.76. The lowest BCUT2D eigenvalue weighted by atomic mass is 9.84. The SMILES string of the molecule is CCNC(=O)[C@H](CC(C)C)NC(=O)[C@H](CC(=O)O)NC(=O)[C@H](CC1CCCCC1)NC(=O)[C@H]1CCC[C@@H]1C(=O)O. The normalized spacial score (nSPS) is 21.6. The van der Waals surface area contributed by atoms with Crippen LogP contribution >= 0.6 is 0 Å². The van der Waals surface area contributed by atoms with Crippen molar-refractivity contribution in [3.63, 3.8) is 0 Å².